The molecule has 1 atom stereocenters. The van der Waals surface area contributed by atoms with Crippen molar-refractivity contribution in [2.75, 3.05) is 6.54 Å². The summed E-state index contributed by atoms with van der Waals surface area (Å²) in [4.78, 5) is 4.35. The molecule has 0 bridgehead atoms. The molecule has 0 saturated carbocycles. The average molecular weight is 309 g/mol. The minimum absolute atomic E-state index is 0.238. The summed E-state index contributed by atoms with van der Waals surface area (Å²) in [6.07, 6.45) is 1.80. The summed E-state index contributed by atoms with van der Waals surface area (Å²) in [5.74, 6) is 0. The Kier molecular flexibility index (Phi) is 4.59. The number of hydrogen-bond acceptors (Lipinski definition) is 3. The van der Waals surface area contributed by atoms with Crippen molar-refractivity contribution in [3.63, 3.8) is 0 Å². The topological polar surface area (TPSA) is 38.9 Å². The molecule has 1 unspecified atom stereocenters. The van der Waals surface area contributed by atoms with Crippen molar-refractivity contribution >= 4 is 27.7 Å². The maximum Gasteiger partial charge on any atom is 0.111 e. The Bertz CT molecular complexity index is 476. The first-order valence-corrected chi connectivity index (χ1v) is 7.00. The van der Waals surface area contributed by atoms with E-state index in [0.29, 0.717) is 6.54 Å². The molecular formula is C13H13BrN2S. The summed E-state index contributed by atoms with van der Waals surface area (Å²) in [6, 6.07) is 14.2. The summed E-state index contributed by atoms with van der Waals surface area (Å²) in [5.41, 5.74) is 7.07. The highest BCUT2D eigenvalue weighted by Gasteiger charge is 2.13. The number of aromatic nitrogens is 1. The summed E-state index contributed by atoms with van der Waals surface area (Å²) >= 11 is 5.19. The van der Waals surface area contributed by atoms with Gasteiger partial charge in [0.05, 0.1) is 0 Å². The average Bonchev–Trinajstić information content (AvgIpc) is 2.39. The number of nitrogens with two attached hydrogens (primary N) is 1. The van der Waals surface area contributed by atoms with Gasteiger partial charge in [-0.15, -0.1) is 0 Å². The van der Waals surface area contributed by atoms with Crippen LogP contribution < -0.4 is 5.73 Å². The Morgan fingerprint density at radius 3 is 2.59 bits per heavy atom. The van der Waals surface area contributed by atoms with E-state index >= 15 is 0 Å². The molecule has 4 heteroatoms. The number of hydrogen-bond donors (Lipinski definition) is 1. The number of nitrogens with zero attached hydrogens (tertiary/aromatic N) is 1. The lowest BCUT2D eigenvalue weighted by molar-refractivity contribution is 0.933. The van der Waals surface area contributed by atoms with Crippen LogP contribution in [0.3, 0.4) is 0 Å². The van der Waals surface area contributed by atoms with Crippen molar-refractivity contribution in [3.8, 4) is 0 Å². The largest absolute Gasteiger partial charge is 0.329 e. The van der Waals surface area contributed by atoms with Gasteiger partial charge in [0.2, 0.25) is 0 Å². The predicted octanol–water partition coefficient (Wildman–Crippen LogP) is 3.64. The summed E-state index contributed by atoms with van der Waals surface area (Å²) in [7, 11) is 0. The van der Waals surface area contributed by atoms with Crippen LogP contribution >= 0.6 is 27.7 Å². The van der Waals surface area contributed by atoms with Crippen molar-refractivity contribution in [2.45, 2.75) is 10.3 Å². The molecule has 0 aliphatic carbocycles. The zero-order valence-corrected chi connectivity index (χ0v) is 11.6. The molecule has 2 nitrogen and oxygen atoms in total. The first-order chi connectivity index (χ1) is 8.31. The second-order valence-electron chi connectivity index (χ2n) is 3.54. The van der Waals surface area contributed by atoms with Gasteiger partial charge in [-0.3, -0.25) is 0 Å². The van der Waals surface area contributed by atoms with Gasteiger partial charge >= 0.3 is 0 Å². The Balaban J connectivity index is 2.19. The third-order valence-corrected chi connectivity index (χ3v) is 4.56. The Morgan fingerprint density at radius 1 is 1.18 bits per heavy atom. The van der Waals surface area contributed by atoms with E-state index in [2.05, 4.69) is 33.0 Å². The minimum atomic E-state index is 0.238. The van der Waals surface area contributed by atoms with Crippen LogP contribution in [0.2, 0.25) is 0 Å². The Morgan fingerprint density at radius 2 is 1.94 bits per heavy atom. The molecule has 17 heavy (non-hydrogen) atoms. The SMILES string of the molecule is NCC(Sc1ncccc1Br)c1ccccc1. The number of pyridine rings is 1. The second-order valence-corrected chi connectivity index (χ2v) is 5.59. The fraction of sp³-hybridized carbons (Fsp3) is 0.154. The summed E-state index contributed by atoms with van der Waals surface area (Å²) in [5, 5.41) is 1.22. The molecule has 88 valence electrons. The van der Waals surface area contributed by atoms with Crippen LogP contribution in [0.1, 0.15) is 10.8 Å². The van der Waals surface area contributed by atoms with Gasteiger partial charge in [-0.1, -0.05) is 42.1 Å². The summed E-state index contributed by atoms with van der Waals surface area (Å²) < 4.78 is 1.01. The van der Waals surface area contributed by atoms with Gasteiger partial charge in [-0.2, -0.15) is 0 Å². The van der Waals surface area contributed by atoms with Crippen molar-refractivity contribution in [1.82, 2.24) is 4.98 Å². The van der Waals surface area contributed by atoms with Crippen LogP contribution in [0.4, 0.5) is 0 Å². The highest BCUT2D eigenvalue weighted by molar-refractivity contribution is 9.10. The molecule has 0 amide bonds. The normalized spacial score (nSPS) is 12.4. The molecule has 0 aliphatic rings. The molecule has 2 aromatic rings. The van der Waals surface area contributed by atoms with Crippen LogP contribution in [0.5, 0.6) is 0 Å². The van der Waals surface area contributed by atoms with E-state index in [9.17, 15) is 0 Å². The first kappa shape index (κ1) is 12.6. The molecule has 0 spiro atoms. The lowest BCUT2D eigenvalue weighted by atomic mass is 10.1. The molecule has 2 N–H and O–H groups in total. The Hall–Kier alpha value is -0.840. The number of benzene rings is 1. The van der Waals surface area contributed by atoms with Gasteiger partial charge < -0.3 is 5.73 Å². The van der Waals surface area contributed by atoms with Gasteiger partial charge in [0.15, 0.2) is 0 Å². The molecule has 1 aromatic carbocycles. The third kappa shape index (κ3) is 3.31. The zero-order valence-electron chi connectivity index (χ0n) is 9.21. The lowest BCUT2D eigenvalue weighted by Crippen LogP contribution is -2.09. The molecule has 2 rings (SSSR count). The van der Waals surface area contributed by atoms with E-state index in [1.165, 1.54) is 5.56 Å². The molecule has 0 saturated heterocycles. The van der Waals surface area contributed by atoms with Crippen molar-refractivity contribution in [1.29, 1.82) is 0 Å². The smallest absolute Gasteiger partial charge is 0.111 e. The fourth-order valence-electron chi connectivity index (χ4n) is 1.51. The van der Waals surface area contributed by atoms with Gasteiger partial charge in [0, 0.05) is 22.5 Å². The fourth-order valence-corrected chi connectivity index (χ4v) is 3.01. The van der Waals surface area contributed by atoms with Crippen LogP contribution in [0.15, 0.2) is 58.2 Å². The molecule has 0 radical (unpaired) electrons. The highest BCUT2D eigenvalue weighted by atomic mass is 79.9. The van der Waals surface area contributed by atoms with E-state index in [1.54, 1.807) is 18.0 Å². The van der Waals surface area contributed by atoms with Crippen LogP contribution in [0, 0.1) is 0 Å². The standard InChI is InChI=1S/C13H13BrN2S/c14-11-7-4-8-16-13(11)17-12(9-15)10-5-2-1-3-6-10/h1-8,12H,9,15H2. The summed E-state index contributed by atoms with van der Waals surface area (Å²) in [6.45, 7) is 0.595. The number of thioether (sulfide) groups is 1. The van der Waals surface area contributed by atoms with E-state index in [4.69, 9.17) is 5.73 Å². The van der Waals surface area contributed by atoms with Gasteiger partial charge in [0.1, 0.15) is 5.03 Å². The van der Waals surface area contributed by atoms with Crippen LogP contribution in [0.25, 0.3) is 0 Å². The molecule has 0 aliphatic heterocycles. The Labute approximate surface area is 114 Å². The van der Waals surface area contributed by atoms with Crippen molar-refractivity contribution in [2.24, 2.45) is 5.73 Å². The number of rotatable bonds is 4. The lowest BCUT2D eigenvalue weighted by Gasteiger charge is -2.14. The van der Waals surface area contributed by atoms with E-state index in [1.807, 2.05) is 30.3 Å². The van der Waals surface area contributed by atoms with Gasteiger partial charge in [-0.05, 0) is 33.6 Å². The predicted molar refractivity (Wildman–Crippen MR) is 76.0 cm³/mol. The molecule has 1 aromatic heterocycles. The molecular weight excluding hydrogens is 296 g/mol. The van der Waals surface area contributed by atoms with E-state index < -0.39 is 0 Å². The van der Waals surface area contributed by atoms with Gasteiger partial charge in [0.25, 0.3) is 0 Å². The second kappa shape index (κ2) is 6.19. The monoisotopic (exact) mass is 308 g/mol. The first-order valence-electron chi connectivity index (χ1n) is 5.33. The van der Waals surface area contributed by atoms with Crippen molar-refractivity contribution in [3.05, 3.63) is 58.7 Å². The molecule has 1 heterocycles. The third-order valence-electron chi connectivity index (χ3n) is 2.36. The van der Waals surface area contributed by atoms with Gasteiger partial charge in [-0.25, -0.2) is 4.98 Å². The van der Waals surface area contributed by atoms with Crippen LogP contribution in [-0.2, 0) is 0 Å². The maximum atomic E-state index is 5.84. The quantitative estimate of drug-likeness (QED) is 0.877. The van der Waals surface area contributed by atoms with Crippen LogP contribution in [-0.4, -0.2) is 11.5 Å². The minimum Gasteiger partial charge on any atom is -0.329 e. The molecule has 0 fully saturated rings. The van der Waals surface area contributed by atoms with Crippen molar-refractivity contribution < 1.29 is 0 Å². The van der Waals surface area contributed by atoms with E-state index in [0.717, 1.165) is 9.50 Å². The zero-order chi connectivity index (χ0) is 12.1. The highest BCUT2D eigenvalue weighted by Crippen LogP contribution is 2.36. The van der Waals surface area contributed by atoms with E-state index in [-0.39, 0.29) is 5.25 Å². The maximum absolute atomic E-state index is 5.84. The number of halogens is 1.